The summed E-state index contributed by atoms with van der Waals surface area (Å²) in [5.74, 6) is 3.99. The highest BCUT2D eigenvalue weighted by Crippen LogP contribution is 2.27. The molecular formula is C20H33IN6O2. The van der Waals surface area contributed by atoms with Gasteiger partial charge in [0.2, 0.25) is 0 Å². The van der Waals surface area contributed by atoms with Gasteiger partial charge in [0.15, 0.2) is 23.3 Å². The summed E-state index contributed by atoms with van der Waals surface area (Å²) in [5.41, 5.74) is 1.17. The molecule has 1 aromatic heterocycles. The lowest BCUT2D eigenvalue weighted by Crippen LogP contribution is -2.39. The molecular weight excluding hydrogens is 483 g/mol. The predicted molar refractivity (Wildman–Crippen MR) is 126 cm³/mol. The van der Waals surface area contributed by atoms with Crippen molar-refractivity contribution in [3.63, 3.8) is 0 Å². The Morgan fingerprint density at radius 2 is 1.83 bits per heavy atom. The van der Waals surface area contributed by atoms with Crippen LogP contribution >= 0.6 is 24.0 Å². The standard InChI is InChI=1S/C20H32N6O2.HI/c1-6-7-11-21-20(23-14-19-25-24-15(2)26(19)3)22-12-10-16-8-9-17(27-4)18(13-16)28-5;/h8-9,13H,6-7,10-12,14H2,1-5H3,(H2,21,22,23);1H. The zero-order valence-corrected chi connectivity index (χ0v) is 20.3. The Kier molecular flexibility index (Phi) is 11.4. The van der Waals surface area contributed by atoms with E-state index in [1.807, 2.05) is 36.7 Å². The molecule has 0 aliphatic carbocycles. The Morgan fingerprint density at radius 1 is 1.10 bits per heavy atom. The molecule has 29 heavy (non-hydrogen) atoms. The minimum absolute atomic E-state index is 0. The second kappa shape index (κ2) is 13.2. The van der Waals surface area contributed by atoms with Gasteiger partial charge in [0, 0.05) is 20.1 Å². The van der Waals surface area contributed by atoms with E-state index in [2.05, 4.69) is 32.7 Å². The Morgan fingerprint density at radius 3 is 2.45 bits per heavy atom. The number of benzene rings is 1. The zero-order valence-electron chi connectivity index (χ0n) is 18.0. The van der Waals surface area contributed by atoms with E-state index in [1.54, 1.807) is 14.2 Å². The molecule has 0 atom stereocenters. The highest BCUT2D eigenvalue weighted by molar-refractivity contribution is 14.0. The van der Waals surface area contributed by atoms with Gasteiger partial charge in [-0.2, -0.15) is 0 Å². The summed E-state index contributed by atoms with van der Waals surface area (Å²) in [4.78, 5) is 4.66. The van der Waals surface area contributed by atoms with Crippen molar-refractivity contribution < 1.29 is 9.47 Å². The number of aromatic nitrogens is 3. The number of rotatable bonds is 10. The molecule has 9 heteroatoms. The summed E-state index contributed by atoms with van der Waals surface area (Å²) < 4.78 is 12.6. The van der Waals surface area contributed by atoms with Crippen molar-refractivity contribution in [2.24, 2.45) is 12.0 Å². The molecule has 1 heterocycles. The average Bonchev–Trinajstić information content (AvgIpc) is 3.03. The highest BCUT2D eigenvalue weighted by atomic mass is 127. The minimum atomic E-state index is 0. The molecule has 0 amide bonds. The third-order valence-electron chi connectivity index (χ3n) is 4.54. The molecule has 0 aliphatic rings. The maximum absolute atomic E-state index is 5.37. The second-order valence-corrected chi connectivity index (χ2v) is 6.53. The Hall–Kier alpha value is -2.04. The third-order valence-corrected chi connectivity index (χ3v) is 4.54. The van der Waals surface area contributed by atoms with Crippen LogP contribution in [0.1, 0.15) is 37.0 Å². The molecule has 0 aliphatic heterocycles. The van der Waals surface area contributed by atoms with E-state index >= 15 is 0 Å². The fourth-order valence-electron chi connectivity index (χ4n) is 2.66. The Labute approximate surface area is 190 Å². The van der Waals surface area contributed by atoms with Crippen molar-refractivity contribution in [1.82, 2.24) is 25.4 Å². The first kappa shape index (κ1) is 25.0. The number of hydrogen-bond acceptors (Lipinski definition) is 5. The predicted octanol–water partition coefficient (Wildman–Crippen LogP) is 2.84. The largest absolute Gasteiger partial charge is 0.493 e. The van der Waals surface area contributed by atoms with Gasteiger partial charge in [-0.3, -0.25) is 0 Å². The fraction of sp³-hybridized carbons (Fsp3) is 0.550. The van der Waals surface area contributed by atoms with Crippen LogP contribution < -0.4 is 20.1 Å². The lowest BCUT2D eigenvalue weighted by Gasteiger charge is -2.13. The maximum atomic E-state index is 5.37. The number of unbranched alkanes of at least 4 members (excludes halogenated alkanes) is 1. The van der Waals surface area contributed by atoms with E-state index in [0.717, 1.165) is 61.5 Å². The van der Waals surface area contributed by atoms with E-state index < -0.39 is 0 Å². The van der Waals surface area contributed by atoms with E-state index in [1.165, 1.54) is 5.56 Å². The van der Waals surface area contributed by atoms with Crippen molar-refractivity contribution >= 4 is 29.9 Å². The number of halogens is 1. The van der Waals surface area contributed by atoms with E-state index in [0.29, 0.717) is 6.54 Å². The van der Waals surface area contributed by atoms with Crippen LogP contribution in [0.3, 0.4) is 0 Å². The van der Waals surface area contributed by atoms with Crippen LogP contribution in [-0.2, 0) is 20.0 Å². The van der Waals surface area contributed by atoms with Crippen LogP contribution in [0.2, 0.25) is 0 Å². The summed E-state index contributed by atoms with van der Waals surface area (Å²) in [6.07, 6.45) is 3.08. The van der Waals surface area contributed by atoms with Crippen molar-refractivity contribution in [3.05, 3.63) is 35.4 Å². The van der Waals surface area contributed by atoms with Gasteiger partial charge in [-0.25, -0.2) is 4.99 Å². The molecule has 0 radical (unpaired) electrons. The first-order valence-electron chi connectivity index (χ1n) is 9.67. The first-order chi connectivity index (χ1) is 13.6. The number of aliphatic imine (C=N–C) groups is 1. The first-order valence-corrected chi connectivity index (χ1v) is 9.67. The zero-order chi connectivity index (χ0) is 20.4. The van der Waals surface area contributed by atoms with E-state index in [4.69, 9.17) is 9.47 Å². The molecule has 2 rings (SSSR count). The van der Waals surface area contributed by atoms with Crippen LogP contribution in [0.15, 0.2) is 23.2 Å². The van der Waals surface area contributed by atoms with Gasteiger partial charge in [0.1, 0.15) is 12.4 Å². The molecule has 2 N–H and O–H groups in total. The summed E-state index contributed by atoms with van der Waals surface area (Å²) in [7, 11) is 5.24. The number of nitrogens with zero attached hydrogens (tertiary/aromatic N) is 4. The van der Waals surface area contributed by atoms with E-state index in [-0.39, 0.29) is 24.0 Å². The van der Waals surface area contributed by atoms with Crippen LogP contribution in [0.25, 0.3) is 0 Å². The SMILES string of the molecule is CCCCNC(=NCc1nnc(C)n1C)NCCc1ccc(OC)c(OC)c1.I. The number of guanidine groups is 1. The molecule has 8 nitrogen and oxygen atoms in total. The van der Waals surface area contributed by atoms with E-state index in [9.17, 15) is 0 Å². The molecule has 0 fully saturated rings. The molecule has 162 valence electrons. The smallest absolute Gasteiger partial charge is 0.191 e. The Bertz CT molecular complexity index is 778. The quantitative estimate of drug-likeness (QED) is 0.219. The monoisotopic (exact) mass is 516 g/mol. The lowest BCUT2D eigenvalue weighted by atomic mass is 10.1. The molecule has 0 unspecified atom stereocenters. The molecule has 1 aromatic carbocycles. The number of aryl methyl sites for hydroxylation is 1. The summed E-state index contributed by atoms with van der Waals surface area (Å²) in [6, 6.07) is 5.98. The summed E-state index contributed by atoms with van der Waals surface area (Å²) in [6.45, 7) is 6.23. The molecule has 0 spiro atoms. The van der Waals surface area contributed by atoms with Gasteiger partial charge in [-0.05, 0) is 37.5 Å². The highest BCUT2D eigenvalue weighted by Gasteiger charge is 2.07. The van der Waals surface area contributed by atoms with Gasteiger partial charge < -0.3 is 24.7 Å². The third kappa shape index (κ3) is 7.71. The lowest BCUT2D eigenvalue weighted by molar-refractivity contribution is 0.354. The maximum Gasteiger partial charge on any atom is 0.191 e. The van der Waals surface area contributed by atoms with Gasteiger partial charge in [0.05, 0.1) is 14.2 Å². The van der Waals surface area contributed by atoms with Crippen molar-refractivity contribution in [3.8, 4) is 11.5 Å². The van der Waals surface area contributed by atoms with Crippen molar-refractivity contribution in [2.75, 3.05) is 27.3 Å². The van der Waals surface area contributed by atoms with Crippen molar-refractivity contribution in [2.45, 2.75) is 39.7 Å². The van der Waals surface area contributed by atoms with Crippen molar-refractivity contribution in [1.29, 1.82) is 0 Å². The average molecular weight is 516 g/mol. The Balaban J connectivity index is 0.00000420. The molecule has 0 saturated carbocycles. The number of ether oxygens (including phenoxy) is 2. The van der Waals surface area contributed by atoms with Crippen LogP contribution in [0.5, 0.6) is 11.5 Å². The van der Waals surface area contributed by atoms with Crippen LogP contribution in [-0.4, -0.2) is 48.0 Å². The molecule has 2 aromatic rings. The summed E-state index contributed by atoms with van der Waals surface area (Å²) >= 11 is 0. The minimum Gasteiger partial charge on any atom is -0.493 e. The van der Waals surface area contributed by atoms with Gasteiger partial charge in [-0.1, -0.05) is 19.4 Å². The van der Waals surface area contributed by atoms with Crippen LogP contribution in [0, 0.1) is 6.92 Å². The number of hydrogen-bond donors (Lipinski definition) is 2. The number of nitrogens with one attached hydrogen (secondary N) is 2. The summed E-state index contributed by atoms with van der Waals surface area (Å²) in [5, 5.41) is 15.0. The fourth-order valence-corrected chi connectivity index (χ4v) is 2.66. The molecule has 0 bridgehead atoms. The van der Waals surface area contributed by atoms with Gasteiger partial charge >= 0.3 is 0 Å². The number of methoxy groups -OCH3 is 2. The normalized spacial score (nSPS) is 11.0. The van der Waals surface area contributed by atoms with Gasteiger partial charge in [0.25, 0.3) is 0 Å². The molecule has 0 saturated heterocycles. The topological polar surface area (TPSA) is 85.6 Å². The van der Waals surface area contributed by atoms with Crippen LogP contribution in [0.4, 0.5) is 0 Å². The van der Waals surface area contributed by atoms with Gasteiger partial charge in [-0.15, -0.1) is 34.2 Å². The second-order valence-electron chi connectivity index (χ2n) is 6.53.